The molecule has 9 heteroatoms. The lowest BCUT2D eigenvalue weighted by atomic mass is 10.0. The summed E-state index contributed by atoms with van der Waals surface area (Å²) in [6.07, 6.45) is -3.01. The minimum absolute atomic E-state index is 0.0278. The number of hydrogen-bond donors (Lipinski definition) is 1. The normalized spacial score (nSPS) is 15.6. The van der Waals surface area contributed by atoms with E-state index < -0.39 is 21.6 Å². The minimum Gasteiger partial charge on any atom is -0.381 e. The van der Waals surface area contributed by atoms with Gasteiger partial charge in [-0.3, -0.25) is 0 Å². The number of nitrogens with one attached hydrogen (secondary N) is 1. The molecule has 0 amide bonds. The molecule has 2 aromatic carbocycles. The summed E-state index contributed by atoms with van der Waals surface area (Å²) >= 11 is 0. The van der Waals surface area contributed by atoms with E-state index in [1.54, 1.807) is 31.2 Å². The second-order valence-electron chi connectivity index (χ2n) is 7.17. The molecule has 1 N–H and O–H groups in total. The summed E-state index contributed by atoms with van der Waals surface area (Å²) in [5, 5.41) is 12.4. The van der Waals surface area contributed by atoms with Gasteiger partial charge in [-0.2, -0.15) is 18.4 Å². The summed E-state index contributed by atoms with van der Waals surface area (Å²) < 4.78 is 62.4. The Hall–Kier alpha value is -2.73. The molecule has 1 saturated heterocycles. The third-order valence-corrected chi connectivity index (χ3v) is 7.01. The van der Waals surface area contributed by atoms with Crippen molar-refractivity contribution in [3.8, 4) is 6.07 Å². The molecule has 0 bridgehead atoms. The van der Waals surface area contributed by atoms with Crippen LogP contribution in [-0.2, 0) is 16.0 Å². The van der Waals surface area contributed by atoms with Crippen LogP contribution < -0.4 is 10.2 Å². The van der Waals surface area contributed by atoms with E-state index >= 15 is 0 Å². The Kier molecular flexibility index (Phi) is 6.27. The number of hydrogen-bond acceptors (Lipinski definition) is 5. The highest BCUT2D eigenvalue weighted by molar-refractivity contribution is 7.91. The molecule has 3 rings (SSSR count). The van der Waals surface area contributed by atoms with Gasteiger partial charge in [-0.1, -0.05) is 6.92 Å². The van der Waals surface area contributed by atoms with Crippen LogP contribution in [0.1, 0.15) is 30.9 Å². The van der Waals surface area contributed by atoms with Crippen LogP contribution in [0.15, 0.2) is 47.4 Å². The third-order valence-electron chi connectivity index (χ3n) is 5.26. The fraction of sp³-hybridized carbons (Fsp3) is 0.381. The standard InChI is InChI=1S/C21H22F3N3O2S/c1-2-30(28,29)19-6-4-18(5-7-19)27-11-9-17(10-12-27)26-20-8-3-16(21(22,23)24)13-15(20)14-25/h3-8,13,17,26H,2,9-12H2,1H3. The number of nitriles is 1. The molecule has 5 nitrogen and oxygen atoms in total. The lowest BCUT2D eigenvalue weighted by Gasteiger charge is -2.34. The van der Waals surface area contributed by atoms with Crippen LogP contribution in [0.2, 0.25) is 0 Å². The molecule has 0 unspecified atom stereocenters. The van der Waals surface area contributed by atoms with Gasteiger partial charge in [0, 0.05) is 24.8 Å². The van der Waals surface area contributed by atoms with Crippen LogP contribution in [-0.4, -0.2) is 33.3 Å². The van der Waals surface area contributed by atoms with Crippen molar-refractivity contribution in [3.63, 3.8) is 0 Å². The van der Waals surface area contributed by atoms with Crippen LogP contribution in [0.3, 0.4) is 0 Å². The van der Waals surface area contributed by atoms with Gasteiger partial charge in [0.15, 0.2) is 9.84 Å². The number of piperidine rings is 1. The molecular formula is C21H22F3N3O2S. The largest absolute Gasteiger partial charge is 0.416 e. The van der Waals surface area contributed by atoms with E-state index in [0.29, 0.717) is 23.7 Å². The molecule has 1 aliphatic heterocycles. The number of benzene rings is 2. The first-order valence-electron chi connectivity index (χ1n) is 9.59. The number of rotatable bonds is 5. The van der Waals surface area contributed by atoms with Crippen LogP contribution in [0.5, 0.6) is 0 Å². The number of alkyl halides is 3. The average molecular weight is 437 g/mol. The molecule has 0 aromatic heterocycles. The van der Waals surface area contributed by atoms with Crippen LogP contribution in [0.4, 0.5) is 24.5 Å². The second-order valence-corrected chi connectivity index (χ2v) is 9.45. The Morgan fingerprint density at radius 2 is 1.77 bits per heavy atom. The summed E-state index contributed by atoms with van der Waals surface area (Å²) in [6.45, 7) is 3.02. The van der Waals surface area contributed by atoms with Crippen molar-refractivity contribution in [2.45, 2.75) is 36.9 Å². The molecule has 0 saturated carbocycles. The number of nitrogens with zero attached hydrogens (tertiary/aromatic N) is 2. The van der Waals surface area contributed by atoms with E-state index in [2.05, 4.69) is 10.2 Å². The van der Waals surface area contributed by atoms with Crippen LogP contribution >= 0.6 is 0 Å². The summed E-state index contributed by atoms with van der Waals surface area (Å²) in [7, 11) is -3.23. The highest BCUT2D eigenvalue weighted by Gasteiger charge is 2.31. The molecule has 0 spiro atoms. The molecule has 30 heavy (non-hydrogen) atoms. The predicted molar refractivity (Wildman–Crippen MR) is 109 cm³/mol. The first-order chi connectivity index (χ1) is 14.1. The van der Waals surface area contributed by atoms with E-state index in [9.17, 15) is 26.9 Å². The fourth-order valence-electron chi connectivity index (χ4n) is 3.47. The smallest absolute Gasteiger partial charge is 0.381 e. The summed E-state index contributed by atoms with van der Waals surface area (Å²) in [6, 6.07) is 11.8. The Morgan fingerprint density at radius 1 is 1.13 bits per heavy atom. The Labute approximate surface area is 174 Å². The van der Waals surface area contributed by atoms with Crippen molar-refractivity contribution in [3.05, 3.63) is 53.6 Å². The van der Waals surface area contributed by atoms with Gasteiger partial charge in [-0.15, -0.1) is 0 Å². The highest BCUT2D eigenvalue weighted by atomic mass is 32.2. The Balaban J connectivity index is 1.63. The molecule has 160 valence electrons. The molecule has 0 radical (unpaired) electrons. The summed E-state index contributed by atoms with van der Waals surface area (Å²) in [4.78, 5) is 2.44. The van der Waals surface area contributed by atoms with Gasteiger partial charge >= 0.3 is 6.18 Å². The van der Waals surface area contributed by atoms with Crippen molar-refractivity contribution in [1.29, 1.82) is 5.26 Å². The fourth-order valence-corrected chi connectivity index (χ4v) is 4.36. The molecule has 1 aliphatic rings. The molecular weight excluding hydrogens is 415 g/mol. The molecule has 1 fully saturated rings. The zero-order valence-corrected chi connectivity index (χ0v) is 17.2. The maximum absolute atomic E-state index is 12.8. The first kappa shape index (κ1) is 22.0. The van der Waals surface area contributed by atoms with Gasteiger partial charge in [0.25, 0.3) is 0 Å². The number of anilines is 2. The lowest BCUT2D eigenvalue weighted by Crippen LogP contribution is -2.39. The minimum atomic E-state index is -4.48. The van der Waals surface area contributed by atoms with Crippen molar-refractivity contribution >= 4 is 21.2 Å². The van der Waals surface area contributed by atoms with Gasteiger partial charge in [-0.25, -0.2) is 8.42 Å². The zero-order valence-electron chi connectivity index (χ0n) is 16.4. The van der Waals surface area contributed by atoms with Crippen LogP contribution in [0, 0.1) is 11.3 Å². The topological polar surface area (TPSA) is 73.2 Å². The monoisotopic (exact) mass is 437 g/mol. The molecule has 2 aromatic rings. The van der Waals surface area contributed by atoms with Crippen LogP contribution in [0.25, 0.3) is 0 Å². The Bertz CT molecular complexity index is 1040. The maximum Gasteiger partial charge on any atom is 0.416 e. The number of sulfone groups is 1. The first-order valence-corrected chi connectivity index (χ1v) is 11.2. The van der Waals surface area contributed by atoms with Gasteiger partial charge in [0.2, 0.25) is 0 Å². The van der Waals surface area contributed by atoms with Gasteiger partial charge in [0.05, 0.1) is 27.5 Å². The lowest BCUT2D eigenvalue weighted by molar-refractivity contribution is -0.137. The molecule has 1 heterocycles. The van der Waals surface area contributed by atoms with Gasteiger partial charge < -0.3 is 10.2 Å². The molecule has 0 atom stereocenters. The summed E-state index contributed by atoms with van der Waals surface area (Å²) in [5.41, 5.74) is 0.460. The van der Waals surface area contributed by atoms with Gasteiger partial charge in [0.1, 0.15) is 6.07 Å². The van der Waals surface area contributed by atoms with Crippen molar-refractivity contribution in [1.82, 2.24) is 0 Å². The SMILES string of the molecule is CCS(=O)(=O)c1ccc(N2CCC(Nc3ccc(C(F)(F)F)cc3C#N)CC2)cc1. The zero-order chi connectivity index (χ0) is 21.9. The highest BCUT2D eigenvalue weighted by Crippen LogP contribution is 2.32. The maximum atomic E-state index is 12.8. The molecule has 0 aliphatic carbocycles. The third kappa shape index (κ3) is 4.87. The van der Waals surface area contributed by atoms with Crippen molar-refractivity contribution in [2.75, 3.05) is 29.1 Å². The second kappa shape index (κ2) is 8.56. The predicted octanol–water partition coefficient (Wildman–Crippen LogP) is 4.45. The van der Waals surface area contributed by atoms with Gasteiger partial charge in [-0.05, 0) is 55.3 Å². The van der Waals surface area contributed by atoms with E-state index in [-0.39, 0.29) is 17.4 Å². The van der Waals surface area contributed by atoms with Crippen molar-refractivity contribution in [2.24, 2.45) is 0 Å². The van der Waals surface area contributed by atoms with E-state index in [1.807, 2.05) is 6.07 Å². The van der Waals surface area contributed by atoms with E-state index in [0.717, 1.165) is 30.7 Å². The average Bonchev–Trinajstić information content (AvgIpc) is 2.74. The van der Waals surface area contributed by atoms with E-state index in [4.69, 9.17) is 0 Å². The van der Waals surface area contributed by atoms with E-state index in [1.165, 1.54) is 6.07 Å². The quantitative estimate of drug-likeness (QED) is 0.748. The summed E-state index contributed by atoms with van der Waals surface area (Å²) in [5.74, 6) is 0.0536. The Morgan fingerprint density at radius 3 is 2.30 bits per heavy atom. The van der Waals surface area contributed by atoms with Crippen molar-refractivity contribution < 1.29 is 21.6 Å². The number of halogens is 3.